The second kappa shape index (κ2) is 4.90. The highest BCUT2D eigenvalue weighted by molar-refractivity contribution is 8.06. The monoisotopic (exact) mass is 192 g/mol. The first-order valence-electron chi connectivity index (χ1n) is 3.51. The smallest absolute Gasteiger partial charge is 0.235 e. The Morgan fingerprint density at radius 1 is 1.64 bits per heavy atom. The van der Waals surface area contributed by atoms with Gasteiger partial charge in [0.05, 0.1) is 0 Å². The van der Waals surface area contributed by atoms with Gasteiger partial charge in [-0.3, -0.25) is 10.2 Å². The van der Waals surface area contributed by atoms with Crippen LogP contribution >= 0.6 is 23.5 Å². The number of carbonyl (C=O) groups excluding carboxylic acids is 1. The largest absolute Gasteiger partial charge is 0.294 e. The van der Waals surface area contributed by atoms with E-state index in [9.17, 15) is 4.79 Å². The molecule has 1 unspecified atom stereocenters. The highest BCUT2D eigenvalue weighted by Crippen LogP contribution is 2.25. The number of amides is 1. The summed E-state index contributed by atoms with van der Waals surface area (Å²) >= 11 is 3.78. The Hall–Kier alpha value is 0.130. The molecule has 1 aliphatic rings. The summed E-state index contributed by atoms with van der Waals surface area (Å²) in [5, 5.41) is 0.470. The van der Waals surface area contributed by atoms with Gasteiger partial charge in [-0.1, -0.05) is 0 Å². The Morgan fingerprint density at radius 2 is 2.45 bits per heavy atom. The van der Waals surface area contributed by atoms with Crippen LogP contribution in [0.2, 0.25) is 0 Å². The molecule has 1 atom stereocenters. The summed E-state index contributed by atoms with van der Waals surface area (Å²) in [5.74, 6) is 8.38. The molecule has 3 nitrogen and oxygen atoms in total. The van der Waals surface area contributed by atoms with Crippen molar-refractivity contribution in [3.63, 3.8) is 0 Å². The van der Waals surface area contributed by atoms with Gasteiger partial charge in [-0.05, 0) is 0 Å². The lowest BCUT2D eigenvalue weighted by Gasteiger charge is -2.19. The first-order chi connectivity index (χ1) is 5.33. The molecule has 64 valence electrons. The predicted octanol–water partition coefficient (Wildman–Crippen LogP) is 0.215. The fourth-order valence-electron chi connectivity index (χ4n) is 0.920. The van der Waals surface area contributed by atoms with Gasteiger partial charge >= 0.3 is 0 Å². The van der Waals surface area contributed by atoms with Crippen LogP contribution in [0.15, 0.2) is 0 Å². The molecule has 0 aromatic carbocycles. The minimum Gasteiger partial charge on any atom is -0.294 e. The maximum atomic E-state index is 10.8. The molecule has 0 aromatic heterocycles. The van der Waals surface area contributed by atoms with Crippen molar-refractivity contribution < 1.29 is 4.79 Å². The third kappa shape index (κ3) is 3.35. The lowest BCUT2D eigenvalue weighted by molar-refractivity contribution is -0.121. The number of carbonyl (C=O) groups is 1. The van der Waals surface area contributed by atoms with Crippen LogP contribution in [0.1, 0.15) is 6.42 Å². The molecule has 1 aliphatic heterocycles. The van der Waals surface area contributed by atoms with Crippen molar-refractivity contribution in [2.45, 2.75) is 11.7 Å². The van der Waals surface area contributed by atoms with E-state index in [4.69, 9.17) is 5.84 Å². The molecule has 0 bridgehead atoms. The van der Waals surface area contributed by atoms with Gasteiger partial charge in [0, 0.05) is 28.9 Å². The molecule has 1 rings (SSSR count). The summed E-state index contributed by atoms with van der Waals surface area (Å²) in [4.78, 5) is 10.8. The van der Waals surface area contributed by atoms with E-state index in [0.29, 0.717) is 11.7 Å². The minimum atomic E-state index is -0.0509. The quantitative estimate of drug-likeness (QED) is 0.373. The van der Waals surface area contributed by atoms with Gasteiger partial charge in [-0.2, -0.15) is 23.5 Å². The fraction of sp³-hybridized carbons (Fsp3) is 0.833. The number of nitrogens with one attached hydrogen (secondary N) is 1. The SMILES string of the molecule is NNC(=O)CC1CSCCS1. The standard InChI is InChI=1S/C6H12N2OS2/c7-8-6(9)3-5-4-10-1-2-11-5/h5H,1-4,7H2,(H,8,9). The average molecular weight is 192 g/mol. The Morgan fingerprint density at radius 3 is 3.00 bits per heavy atom. The van der Waals surface area contributed by atoms with Crippen molar-refractivity contribution in [2.24, 2.45) is 5.84 Å². The van der Waals surface area contributed by atoms with Crippen LogP contribution in [0.3, 0.4) is 0 Å². The Balaban J connectivity index is 2.19. The molecule has 1 fully saturated rings. The zero-order valence-corrected chi connectivity index (χ0v) is 7.84. The van der Waals surface area contributed by atoms with Crippen molar-refractivity contribution in [3.05, 3.63) is 0 Å². The molecule has 0 spiro atoms. The summed E-state index contributed by atoms with van der Waals surface area (Å²) in [6.45, 7) is 0. The second-order valence-corrected chi connectivity index (χ2v) is 4.90. The summed E-state index contributed by atoms with van der Waals surface area (Å²) in [5.41, 5.74) is 2.15. The molecular weight excluding hydrogens is 180 g/mol. The van der Waals surface area contributed by atoms with E-state index in [2.05, 4.69) is 5.43 Å². The van der Waals surface area contributed by atoms with Crippen LogP contribution in [0.25, 0.3) is 0 Å². The van der Waals surface area contributed by atoms with Gasteiger partial charge < -0.3 is 0 Å². The van der Waals surface area contributed by atoms with Crippen molar-refractivity contribution in [1.82, 2.24) is 5.43 Å². The number of rotatable bonds is 2. The normalized spacial score (nSPS) is 24.6. The van der Waals surface area contributed by atoms with Crippen LogP contribution < -0.4 is 11.3 Å². The number of hydrogen-bond acceptors (Lipinski definition) is 4. The van der Waals surface area contributed by atoms with E-state index in [1.54, 1.807) is 0 Å². The van der Waals surface area contributed by atoms with E-state index in [1.807, 2.05) is 23.5 Å². The predicted molar refractivity (Wildman–Crippen MR) is 50.5 cm³/mol. The molecule has 0 saturated carbocycles. The first kappa shape index (κ1) is 9.22. The molecule has 0 aromatic rings. The topological polar surface area (TPSA) is 55.1 Å². The number of nitrogens with two attached hydrogens (primary N) is 1. The zero-order chi connectivity index (χ0) is 8.10. The maximum Gasteiger partial charge on any atom is 0.235 e. The Bertz CT molecular complexity index is 137. The Kier molecular flexibility index (Phi) is 4.11. The molecule has 1 amide bonds. The van der Waals surface area contributed by atoms with Gasteiger partial charge in [0.15, 0.2) is 0 Å². The molecule has 11 heavy (non-hydrogen) atoms. The van der Waals surface area contributed by atoms with Crippen molar-refractivity contribution >= 4 is 29.4 Å². The van der Waals surface area contributed by atoms with Crippen molar-refractivity contribution in [1.29, 1.82) is 0 Å². The fourth-order valence-corrected chi connectivity index (χ4v) is 3.60. The van der Waals surface area contributed by atoms with Crippen LogP contribution in [0.5, 0.6) is 0 Å². The van der Waals surface area contributed by atoms with E-state index in [0.717, 1.165) is 11.5 Å². The van der Waals surface area contributed by atoms with E-state index in [1.165, 1.54) is 5.75 Å². The van der Waals surface area contributed by atoms with Gasteiger partial charge in [-0.25, -0.2) is 5.84 Å². The van der Waals surface area contributed by atoms with E-state index in [-0.39, 0.29) is 5.91 Å². The molecule has 5 heteroatoms. The molecular formula is C6H12N2OS2. The van der Waals surface area contributed by atoms with Crippen LogP contribution in [0, 0.1) is 0 Å². The van der Waals surface area contributed by atoms with Crippen LogP contribution in [0.4, 0.5) is 0 Å². The Labute approximate surface area is 74.8 Å². The molecule has 0 radical (unpaired) electrons. The van der Waals surface area contributed by atoms with Crippen LogP contribution in [-0.4, -0.2) is 28.4 Å². The highest BCUT2D eigenvalue weighted by Gasteiger charge is 2.16. The summed E-state index contributed by atoms with van der Waals surface area (Å²) in [6, 6.07) is 0. The van der Waals surface area contributed by atoms with Gasteiger partial charge in [0.1, 0.15) is 0 Å². The summed E-state index contributed by atoms with van der Waals surface area (Å²) in [7, 11) is 0. The van der Waals surface area contributed by atoms with Gasteiger partial charge in [0.2, 0.25) is 5.91 Å². The first-order valence-corrected chi connectivity index (χ1v) is 5.72. The number of hydrazine groups is 1. The summed E-state index contributed by atoms with van der Waals surface area (Å²) < 4.78 is 0. The van der Waals surface area contributed by atoms with Crippen molar-refractivity contribution in [2.75, 3.05) is 17.3 Å². The highest BCUT2D eigenvalue weighted by atomic mass is 32.2. The van der Waals surface area contributed by atoms with E-state index >= 15 is 0 Å². The maximum absolute atomic E-state index is 10.8. The zero-order valence-electron chi connectivity index (χ0n) is 6.21. The third-order valence-electron chi connectivity index (χ3n) is 1.46. The lowest BCUT2D eigenvalue weighted by Crippen LogP contribution is -2.33. The molecule has 3 N–H and O–H groups in total. The third-order valence-corrected chi connectivity index (χ3v) is 4.30. The van der Waals surface area contributed by atoms with Crippen LogP contribution in [-0.2, 0) is 4.79 Å². The van der Waals surface area contributed by atoms with E-state index < -0.39 is 0 Å². The molecule has 0 aliphatic carbocycles. The minimum absolute atomic E-state index is 0.0509. The second-order valence-electron chi connectivity index (χ2n) is 2.34. The number of hydrogen-bond donors (Lipinski definition) is 2. The van der Waals surface area contributed by atoms with Gasteiger partial charge in [-0.15, -0.1) is 0 Å². The average Bonchev–Trinajstić information content (AvgIpc) is 2.06. The van der Waals surface area contributed by atoms with Gasteiger partial charge in [0.25, 0.3) is 0 Å². The molecule has 1 heterocycles. The summed E-state index contributed by atoms with van der Waals surface area (Å²) in [6.07, 6.45) is 0.564. The number of thioether (sulfide) groups is 2. The lowest BCUT2D eigenvalue weighted by atomic mass is 10.3. The molecule has 1 saturated heterocycles. The van der Waals surface area contributed by atoms with Crippen molar-refractivity contribution in [3.8, 4) is 0 Å².